The summed E-state index contributed by atoms with van der Waals surface area (Å²) < 4.78 is 40.3. The van der Waals surface area contributed by atoms with Crippen LogP contribution in [-0.4, -0.2) is 18.6 Å². The first kappa shape index (κ1) is 12.5. The molecule has 0 spiro atoms. The average molecular weight is 232 g/mol. The maximum absolute atomic E-state index is 11.9. The maximum Gasteiger partial charge on any atom is 0.422 e. The van der Waals surface area contributed by atoms with Gasteiger partial charge in [0.1, 0.15) is 5.75 Å². The smallest absolute Gasteiger partial charge is 0.422 e. The lowest BCUT2D eigenvalue weighted by Crippen LogP contribution is -2.19. The standard InChI is InChI=1S/C11H11F3O2/c1-7-3-9(8(2)15)5-10(4-7)16-6-11(12,13)14/h3-5H,6H2,1-2H3. The molecule has 0 aliphatic carbocycles. The third kappa shape index (κ3) is 3.92. The number of alkyl halides is 3. The van der Waals surface area contributed by atoms with E-state index in [1.165, 1.54) is 19.1 Å². The first-order chi connectivity index (χ1) is 7.28. The number of ketones is 1. The summed E-state index contributed by atoms with van der Waals surface area (Å²) in [6.45, 7) is 1.68. The third-order valence-corrected chi connectivity index (χ3v) is 1.86. The number of rotatable bonds is 3. The zero-order valence-electron chi connectivity index (χ0n) is 8.89. The van der Waals surface area contributed by atoms with Crippen molar-refractivity contribution >= 4 is 5.78 Å². The normalized spacial score (nSPS) is 11.3. The zero-order chi connectivity index (χ0) is 12.3. The molecular formula is C11H11F3O2. The van der Waals surface area contributed by atoms with Crippen LogP contribution in [0.3, 0.4) is 0 Å². The molecule has 0 unspecified atom stereocenters. The first-order valence-electron chi connectivity index (χ1n) is 4.60. The summed E-state index contributed by atoms with van der Waals surface area (Å²) in [6.07, 6.45) is -4.37. The Balaban J connectivity index is 2.85. The van der Waals surface area contributed by atoms with Gasteiger partial charge >= 0.3 is 6.18 Å². The summed E-state index contributed by atoms with van der Waals surface area (Å²) in [5.74, 6) is -0.150. The highest BCUT2D eigenvalue weighted by Gasteiger charge is 2.28. The molecule has 0 saturated carbocycles. The van der Waals surface area contributed by atoms with Crippen LogP contribution in [0, 0.1) is 6.92 Å². The predicted molar refractivity (Wildman–Crippen MR) is 52.7 cm³/mol. The number of aryl methyl sites for hydroxylation is 1. The highest BCUT2D eigenvalue weighted by Crippen LogP contribution is 2.21. The number of halogens is 3. The summed E-state index contributed by atoms with van der Waals surface area (Å²) in [5, 5.41) is 0. The van der Waals surface area contributed by atoms with Crippen molar-refractivity contribution in [3.63, 3.8) is 0 Å². The van der Waals surface area contributed by atoms with Gasteiger partial charge in [-0.1, -0.05) is 0 Å². The maximum atomic E-state index is 11.9. The molecule has 0 fully saturated rings. The SMILES string of the molecule is CC(=O)c1cc(C)cc(OCC(F)(F)F)c1. The molecule has 1 aromatic rings. The number of hydrogen-bond donors (Lipinski definition) is 0. The van der Waals surface area contributed by atoms with Crippen LogP contribution in [0.4, 0.5) is 13.2 Å². The highest BCUT2D eigenvalue weighted by molar-refractivity contribution is 5.94. The minimum absolute atomic E-state index is 0.0579. The van der Waals surface area contributed by atoms with Gasteiger partial charge in [0.15, 0.2) is 12.4 Å². The minimum Gasteiger partial charge on any atom is -0.484 e. The van der Waals surface area contributed by atoms with E-state index in [9.17, 15) is 18.0 Å². The van der Waals surface area contributed by atoms with E-state index < -0.39 is 12.8 Å². The fourth-order valence-electron chi connectivity index (χ4n) is 1.20. The van der Waals surface area contributed by atoms with Gasteiger partial charge in [0.25, 0.3) is 0 Å². The van der Waals surface area contributed by atoms with Crippen LogP contribution in [-0.2, 0) is 0 Å². The Labute approximate surface area is 91.0 Å². The van der Waals surface area contributed by atoms with Crippen molar-refractivity contribution in [1.82, 2.24) is 0 Å². The molecule has 16 heavy (non-hydrogen) atoms. The summed E-state index contributed by atoms with van der Waals surface area (Å²) >= 11 is 0. The molecule has 0 saturated heterocycles. The van der Waals surface area contributed by atoms with Gasteiger partial charge in [-0.2, -0.15) is 13.2 Å². The Morgan fingerprint density at radius 1 is 1.31 bits per heavy atom. The van der Waals surface area contributed by atoms with Crippen LogP contribution in [0.1, 0.15) is 22.8 Å². The Morgan fingerprint density at radius 3 is 2.44 bits per heavy atom. The quantitative estimate of drug-likeness (QED) is 0.748. The van der Waals surface area contributed by atoms with Crippen LogP contribution < -0.4 is 4.74 Å². The Hall–Kier alpha value is -1.52. The van der Waals surface area contributed by atoms with Crippen LogP contribution >= 0.6 is 0 Å². The molecule has 0 radical (unpaired) electrons. The molecule has 5 heteroatoms. The second-order valence-electron chi connectivity index (χ2n) is 3.49. The van der Waals surface area contributed by atoms with Gasteiger partial charge in [-0.15, -0.1) is 0 Å². The lowest BCUT2D eigenvalue weighted by atomic mass is 10.1. The molecule has 0 aromatic heterocycles. The van der Waals surface area contributed by atoms with E-state index in [2.05, 4.69) is 4.74 Å². The fourth-order valence-corrected chi connectivity index (χ4v) is 1.20. The molecule has 88 valence electrons. The molecule has 0 atom stereocenters. The molecule has 2 nitrogen and oxygen atoms in total. The van der Waals surface area contributed by atoms with Crippen molar-refractivity contribution in [2.45, 2.75) is 20.0 Å². The summed E-state index contributed by atoms with van der Waals surface area (Å²) in [5.41, 5.74) is 1.03. The number of ether oxygens (including phenoxy) is 1. The van der Waals surface area contributed by atoms with Crippen LogP contribution in [0.2, 0.25) is 0 Å². The lowest BCUT2D eigenvalue weighted by molar-refractivity contribution is -0.153. The number of Topliss-reactive ketones (excluding diaryl/α,β-unsaturated/α-hetero) is 1. The zero-order valence-corrected chi connectivity index (χ0v) is 8.89. The highest BCUT2D eigenvalue weighted by atomic mass is 19.4. The van der Waals surface area contributed by atoms with E-state index in [1.54, 1.807) is 13.0 Å². The van der Waals surface area contributed by atoms with Gasteiger partial charge in [-0.3, -0.25) is 4.79 Å². The van der Waals surface area contributed by atoms with Gasteiger partial charge < -0.3 is 4.74 Å². The van der Waals surface area contributed by atoms with Crippen molar-refractivity contribution in [2.24, 2.45) is 0 Å². The van der Waals surface area contributed by atoms with E-state index in [0.29, 0.717) is 11.1 Å². The van der Waals surface area contributed by atoms with E-state index >= 15 is 0 Å². The average Bonchev–Trinajstić information content (AvgIpc) is 2.13. The predicted octanol–water partition coefficient (Wildman–Crippen LogP) is 3.14. The van der Waals surface area contributed by atoms with Gasteiger partial charge in [0, 0.05) is 5.56 Å². The van der Waals surface area contributed by atoms with E-state index in [0.717, 1.165) is 0 Å². The Morgan fingerprint density at radius 2 is 1.94 bits per heavy atom. The van der Waals surface area contributed by atoms with Crippen molar-refractivity contribution in [1.29, 1.82) is 0 Å². The Bertz CT molecular complexity index is 397. The van der Waals surface area contributed by atoms with Crippen LogP contribution in [0.15, 0.2) is 18.2 Å². The fraction of sp³-hybridized carbons (Fsp3) is 0.364. The van der Waals surface area contributed by atoms with Gasteiger partial charge in [-0.25, -0.2) is 0 Å². The molecule has 0 bridgehead atoms. The van der Waals surface area contributed by atoms with E-state index in [4.69, 9.17) is 0 Å². The molecule has 0 heterocycles. The van der Waals surface area contributed by atoms with E-state index in [1.807, 2.05) is 0 Å². The monoisotopic (exact) mass is 232 g/mol. The number of hydrogen-bond acceptors (Lipinski definition) is 2. The van der Waals surface area contributed by atoms with Crippen LogP contribution in [0.5, 0.6) is 5.75 Å². The van der Waals surface area contributed by atoms with Crippen molar-refractivity contribution in [3.05, 3.63) is 29.3 Å². The largest absolute Gasteiger partial charge is 0.484 e. The van der Waals surface area contributed by atoms with Gasteiger partial charge in [0.2, 0.25) is 0 Å². The molecular weight excluding hydrogens is 221 g/mol. The van der Waals surface area contributed by atoms with Crippen LogP contribution in [0.25, 0.3) is 0 Å². The van der Waals surface area contributed by atoms with Crippen molar-refractivity contribution in [3.8, 4) is 5.75 Å². The van der Waals surface area contributed by atoms with Gasteiger partial charge in [0.05, 0.1) is 0 Å². The first-order valence-corrected chi connectivity index (χ1v) is 4.60. The minimum atomic E-state index is -4.37. The molecule has 1 aromatic carbocycles. The number of benzene rings is 1. The second-order valence-corrected chi connectivity index (χ2v) is 3.49. The Kier molecular flexibility index (Phi) is 3.57. The molecule has 0 aliphatic rings. The topological polar surface area (TPSA) is 26.3 Å². The molecule has 0 amide bonds. The summed E-state index contributed by atoms with van der Waals surface area (Å²) in [6, 6.07) is 4.36. The third-order valence-electron chi connectivity index (χ3n) is 1.86. The van der Waals surface area contributed by atoms with E-state index in [-0.39, 0.29) is 11.5 Å². The second kappa shape index (κ2) is 4.55. The summed E-state index contributed by atoms with van der Waals surface area (Å²) in [4.78, 5) is 11.1. The summed E-state index contributed by atoms with van der Waals surface area (Å²) in [7, 11) is 0. The molecule has 1 rings (SSSR count). The molecule has 0 aliphatic heterocycles. The number of carbonyl (C=O) groups excluding carboxylic acids is 1. The lowest BCUT2D eigenvalue weighted by Gasteiger charge is -2.10. The number of carbonyl (C=O) groups is 1. The van der Waals surface area contributed by atoms with Gasteiger partial charge in [-0.05, 0) is 37.6 Å². The molecule has 0 N–H and O–H groups in total. The van der Waals surface area contributed by atoms with Crippen molar-refractivity contribution < 1.29 is 22.7 Å². The van der Waals surface area contributed by atoms with Crippen molar-refractivity contribution in [2.75, 3.05) is 6.61 Å².